The van der Waals surface area contributed by atoms with Crippen LogP contribution in [0.25, 0.3) is 0 Å². The minimum absolute atomic E-state index is 0.702. The molecule has 8 heavy (non-hydrogen) atoms. The van der Waals surface area contributed by atoms with Crippen LogP contribution in [0.5, 0.6) is 0 Å². The molecule has 0 bridgehead atoms. The van der Waals surface area contributed by atoms with Crippen LogP contribution in [-0.4, -0.2) is 6.61 Å². The summed E-state index contributed by atoms with van der Waals surface area (Å²) in [7, 11) is 0. The maximum atomic E-state index is 4.80. The maximum absolute atomic E-state index is 4.80. The number of hydrogen-bond acceptors (Lipinski definition) is 2. The van der Waals surface area contributed by atoms with Crippen LogP contribution in [0.2, 0.25) is 0 Å². The summed E-state index contributed by atoms with van der Waals surface area (Å²) in [5.74, 6) is 0. The van der Waals surface area contributed by atoms with E-state index in [4.69, 9.17) is 4.84 Å². The SMILES string of the molecule is CCC=CNOCC. The van der Waals surface area contributed by atoms with Crippen molar-refractivity contribution in [3.8, 4) is 0 Å². The molecule has 2 heteroatoms. The van der Waals surface area contributed by atoms with Gasteiger partial charge in [-0.1, -0.05) is 13.0 Å². The van der Waals surface area contributed by atoms with Crippen LogP contribution in [0.1, 0.15) is 20.3 Å². The quantitative estimate of drug-likeness (QED) is 0.442. The monoisotopic (exact) mass is 115 g/mol. The Balaban J connectivity index is 2.80. The van der Waals surface area contributed by atoms with Crippen molar-refractivity contribution in [2.24, 2.45) is 0 Å². The molecule has 2 nitrogen and oxygen atoms in total. The minimum atomic E-state index is 0.702. The summed E-state index contributed by atoms with van der Waals surface area (Å²) < 4.78 is 0. The standard InChI is InChI=1S/C6H13NO/c1-3-5-6-7-8-4-2/h5-7H,3-4H2,1-2H3. The van der Waals surface area contributed by atoms with Gasteiger partial charge in [-0.15, -0.1) is 0 Å². The smallest absolute Gasteiger partial charge is 0.0717 e. The van der Waals surface area contributed by atoms with Gasteiger partial charge in [-0.05, 0) is 13.3 Å². The molecule has 0 aliphatic heterocycles. The fourth-order valence-electron chi connectivity index (χ4n) is 0.297. The molecule has 0 aromatic carbocycles. The first-order valence-electron chi connectivity index (χ1n) is 2.94. The molecule has 0 fully saturated rings. The number of hydroxylamine groups is 1. The molecule has 0 saturated carbocycles. The van der Waals surface area contributed by atoms with Gasteiger partial charge < -0.3 is 0 Å². The van der Waals surface area contributed by atoms with E-state index in [1.165, 1.54) is 0 Å². The Bertz CT molecular complexity index is 61.5. The van der Waals surface area contributed by atoms with Gasteiger partial charge in [0.05, 0.1) is 6.61 Å². The summed E-state index contributed by atoms with van der Waals surface area (Å²) in [4.78, 5) is 4.80. The van der Waals surface area contributed by atoms with E-state index in [1.54, 1.807) is 6.20 Å². The first kappa shape index (κ1) is 7.50. The highest BCUT2D eigenvalue weighted by molar-refractivity contribution is 4.73. The molecule has 0 aromatic rings. The van der Waals surface area contributed by atoms with Crippen molar-refractivity contribution in [2.45, 2.75) is 20.3 Å². The molecular formula is C6H13NO. The van der Waals surface area contributed by atoms with E-state index >= 15 is 0 Å². The Labute approximate surface area is 50.5 Å². The lowest BCUT2D eigenvalue weighted by Gasteiger charge is -1.94. The van der Waals surface area contributed by atoms with E-state index < -0.39 is 0 Å². The molecule has 0 saturated heterocycles. The van der Waals surface area contributed by atoms with Gasteiger partial charge in [0.2, 0.25) is 0 Å². The van der Waals surface area contributed by atoms with Gasteiger partial charge in [-0.3, -0.25) is 10.3 Å². The third-order valence-corrected chi connectivity index (χ3v) is 0.649. The minimum Gasteiger partial charge on any atom is -0.277 e. The van der Waals surface area contributed by atoms with Crippen molar-refractivity contribution < 1.29 is 4.84 Å². The normalized spacial score (nSPS) is 10.2. The van der Waals surface area contributed by atoms with Crippen molar-refractivity contribution in [1.82, 2.24) is 5.48 Å². The summed E-state index contributed by atoms with van der Waals surface area (Å²) in [6.45, 7) is 4.71. The first-order chi connectivity index (χ1) is 3.91. The second-order valence-electron chi connectivity index (χ2n) is 1.36. The van der Waals surface area contributed by atoms with E-state index in [-0.39, 0.29) is 0 Å². The number of rotatable bonds is 4. The van der Waals surface area contributed by atoms with E-state index in [0.29, 0.717) is 6.61 Å². The van der Waals surface area contributed by atoms with Crippen molar-refractivity contribution in [3.05, 3.63) is 12.3 Å². The predicted molar refractivity (Wildman–Crippen MR) is 34.2 cm³/mol. The topological polar surface area (TPSA) is 21.3 Å². The third kappa shape index (κ3) is 5.50. The van der Waals surface area contributed by atoms with Gasteiger partial charge in [0, 0.05) is 6.20 Å². The molecule has 48 valence electrons. The van der Waals surface area contributed by atoms with Crippen LogP contribution in [0.4, 0.5) is 0 Å². The average molecular weight is 115 g/mol. The Morgan fingerprint density at radius 3 is 2.75 bits per heavy atom. The van der Waals surface area contributed by atoms with Crippen LogP contribution in [0, 0.1) is 0 Å². The van der Waals surface area contributed by atoms with Crippen molar-refractivity contribution >= 4 is 0 Å². The summed E-state index contributed by atoms with van der Waals surface area (Å²) in [6, 6.07) is 0. The molecule has 0 aliphatic rings. The zero-order chi connectivity index (χ0) is 6.24. The van der Waals surface area contributed by atoms with Gasteiger partial charge in [-0.25, -0.2) is 0 Å². The highest BCUT2D eigenvalue weighted by atomic mass is 16.6. The molecule has 0 rings (SSSR count). The largest absolute Gasteiger partial charge is 0.277 e. The van der Waals surface area contributed by atoms with E-state index in [9.17, 15) is 0 Å². The number of hydrogen-bond donors (Lipinski definition) is 1. The van der Waals surface area contributed by atoms with E-state index in [2.05, 4.69) is 12.4 Å². The lowest BCUT2D eigenvalue weighted by Crippen LogP contribution is -2.04. The Morgan fingerprint density at radius 2 is 2.25 bits per heavy atom. The van der Waals surface area contributed by atoms with Crippen molar-refractivity contribution in [1.29, 1.82) is 0 Å². The van der Waals surface area contributed by atoms with Crippen LogP contribution in [0.15, 0.2) is 12.3 Å². The Hall–Kier alpha value is -0.500. The van der Waals surface area contributed by atoms with Crippen LogP contribution in [0.3, 0.4) is 0 Å². The summed E-state index contributed by atoms with van der Waals surface area (Å²) in [5.41, 5.74) is 2.66. The summed E-state index contributed by atoms with van der Waals surface area (Å²) in [5, 5.41) is 0. The van der Waals surface area contributed by atoms with Crippen LogP contribution < -0.4 is 5.48 Å². The van der Waals surface area contributed by atoms with Gasteiger partial charge >= 0.3 is 0 Å². The Morgan fingerprint density at radius 1 is 1.50 bits per heavy atom. The highest BCUT2D eigenvalue weighted by Crippen LogP contribution is 1.74. The van der Waals surface area contributed by atoms with Gasteiger partial charge in [0.15, 0.2) is 0 Å². The zero-order valence-corrected chi connectivity index (χ0v) is 5.48. The lowest BCUT2D eigenvalue weighted by atomic mass is 10.5. The van der Waals surface area contributed by atoms with Crippen LogP contribution in [-0.2, 0) is 4.84 Å². The molecular weight excluding hydrogens is 102 g/mol. The number of nitrogens with one attached hydrogen (secondary N) is 1. The second-order valence-corrected chi connectivity index (χ2v) is 1.36. The Kier molecular flexibility index (Phi) is 6.09. The fourth-order valence-corrected chi connectivity index (χ4v) is 0.297. The summed E-state index contributed by atoms with van der Waals surface area (Å²) in [6.07, 6.45) is 4.83. The van der Waals surface area contributed by atoms with E-state index in [1.807, 2.05) is 13.0 Å². The molecule has 0 amide bonds. The molecule has 0 unspecified atom stereocenters. The number of allylic oxidation sites excluding steroid dienone is 1. The van der Waals surface area contributed by atoms with Gasteiger partial charge in [-0.2, -0.15) is 0 Å². The van der Waals surface area contributed by atoms with Gasteiger partial charge in [0.25, 0.3) is 0 Å². The molecule has 0 heterocycles. The average Bonchev–Trinajstić information content (AvgIpc) is 1.81. The molecule has 0 spiro atoms. The molecule has 1 N–H and O–H groups in total. The molecule has 0 aromatic heterocycles. The highest BCUT2D eigenvalue weighted by Gasteiger charge is 1.68. The maximum Gasteiger partial charge on any atom is 0.0717 e. The zero-order valence-electron chi connectivity index (χ0n) is 5.48. The lowest BCUT2D eigenvalue weighted by molar-refractivity contribution is 0.0824. The van der Waals surface area contributed by atoms with E-state index in [0.717, 1.165) is 6.42 Å². The second kappa shape index (κ2) is 6.50. The molecule has 0 radical (unpaired) electrons. The first-order valence-corrected chi connectivity index (χ1v) is 2.94. The fraction of sp³-hybridized carbons (Fsp3) is 0.667. The molecule has 0 aliphatic carbocycles. The predicted octanol–water partition coefficient (Wildman–Crippen LogP) is 1.45. The third-order valence-electron chi connectivity index (χ3n) is 0.649. The van der Waals surface area contributed by atoms with Crippen molar-refractivity contribution in [3.63, 3.8) is 0 Å². The molecule has 0 atom stereocenters. The van der Waals surface area contributed by atoms with Gasteiger partial charge in [0.1, 0.15) is 0 Å². The summed E-state index contributed by atoms with van der Waals surface area (Å²) >= 11 is 0. The van der Waals surface area contributed by atoms with Crippen LogP contribution >= 0.6 is 0 Å². The van der Waals surface area contributed by atoms with Crippen molar-refractivity contribution in [2.75, 3.05) is 6.61 Å².